The molecule has 0 rings (SSSR count). The SMILES string of the molecule is CCC(O)(CC)CNCC(O)CC(C)C. The average Bonchev–Trinajstić information content (AvgIpc) is 2.16. The van der Waals surface area contributed by atoms with Gasteiger partial charge in [0.1, 0.15) is 0 Å². The van der Waals surface area contributed by atoms with Gasteiger partial charge in [-0.1, -0.05) is 27.7 Å². The van der Waals surface area contributed by atoms with E-state index in [2.05, 4.69) is 19.2 Å². The van der Waals surface area contributed by atoms with Crippen molar-refractivity contribution in [3.8, 4) is 0 Å². The number of nitrogens with one attached hydrogen (secondary N) is 1. The molecule has 0 aromatic carbocycles. The lowest BCUT2D eigenvalue weighted by Gasteiger charge is -2.26. The first-order valence-corrected chi connectivity index (χ1v) is 6.04. The van der Waals surface area contributed by atoms with Gasteiger partial charge in [0.05, 0.1) is 11.7 Å². The van der Waals surface area contributed by atoms with E-state index in [0.717, 1.165) is 19.3 Å². The first kappa shape index (κ1) is 14.9. The van der Waals surface area contributed by atoms with Gasteiger partial charge in [-0.2, -0.15) is 0 Å². The van der Waals surface area contributed by atoms with Gasteiger partial charge in [-0.05, 0) is 25.2 Å². The Balaban J connectivity index is 3.68. The van der Waals surface area contributed by atoms with Crippen molar-refractivity contribution < 1.29 is 10.2 Å². The molecule has 0 aromatic rings. The molecule has 0 radical (unpaired) electrons. The van der Waals surface area contributed by atoms with Crippen LogP contribution in [0.4, 0.5) is 0 Å². The summed E-state index contributed by atoms with van der Waals surface area (Å²) < 4.78 is 0. The van der Waals surface area contributed by atoms with E-state index in [4.69, 9.17) is 0 Å². The van der Waals surface area contributed by atoms with Gasteiger partial charge in [0.2, 0.25) is 0 Å². The van der Waals surface area contributed by atoms with Crippen molar-refractivity contribution >= 4 is 0 Å². The molecule has 92 valence electrons. The van der Waals surface area contributed by atoms with Crippen LogP contribution in [0, 0.1) is 5.92 Å². The number of hydrogen-bond donors (Lipinski definition) is 3. The molecule has 0 fully saturated rings. The van der Waals surface area contributed by atoms with Crippen LogP contribution in [0.25, 0.3) is 0 Å². The van der Waals surface area contributed by atoms with Crippen molar-refractivity contribution in [2.75, 3.05) is 13.1 Å². The molecule has 0 saturated heterocycles. The van der Waals surface area contributed by atoms with E-state index < -0.39 is 5.60 Å². The minimum Gasteiger partial charge on any atom is -0.392 e. The lowest BCUT2D eigenvalue weighted by Crippen LogP contribution is -2.42. The molecule has 0 aliphatic carbocycles. The Kier molecular flexibility index (Phi) is 7.14. The van der Waals surface area contributed by atoms with E-state index in [-0.39, 0.29) is 6.10 Å². The molecule has 1 unspecified atom stereocenters. The van der Waals surface area contributed by atoms with Crippen molar-refractivity contribution in [2.24, 2.45) is 5.92 Å². The quantitative estimate of drug-likeness (QED) is 0.578. The minimum atomic E-state index is -0.614. The fourth-order valence-electron chi connectivity index (χ4n) is 1.60. The Labute approximate surface area is 93.9 Å². The topological polar surface area (TPSA) is 52.5 Å². The smallest absolute Gasteiger partial charge is 0.0766 e. The zero-order chi connectivity index (χ0) is 11.9. The van der Waals surface area contributed by atoms with E-state index >= 15 is 0 Å². The van der Waals surface area contributed by atoms with Crippen LogP contribution in [0.1, 0.15) is 47.0 Å². The number of aliphatic hydroxyl groups is 2. The van der Waals surface area contributed by atoms with Gasteiger partial charge in [0.25, 0.3) is 0 Å². The van der Waals surface area contributed by atoms with Crippen LogP contribution in [0.5, 0.6) is 0 Å². The summed E-state index contributed by atoms with van der Waals surface area (Å²) in [7, 11) is 0. The second-order valence-corrected chi connectivity index (χ2v) is 4.85. The van der Waals surface area contributed by atoms with Crippen molar-refractivity contribution in [1.82, 2.24) is 5.32 Å². The second-order valence-electron chi connectivity index (χ2n) is 4.85. The largest absolute Gasteiger partial charge is 0.392 e. The highest BCUT2D eigenvalue weighted by atomic mass is 16.3. The summed E-state index contributed by atoms with van der Waals surface area (Å²) in [6, 6.07) is 0. The minimum absolute atomic E-state index is 0.303. The molecule has 3 heteroatoms. The summed E-state index contributed by atoms with van der Waals surface area (Å²) in [6.07, 6.45) is 2.00. The van der Waals surface area contributed by atoms with E-state index in [9.17, 15) is 10.2 Å². The van der Waals surface area contributed by atoms with E-state index in [1.54, 1.807) is 0 Å². The average molecular weight is 217 g/mol. The Bertz CT molecular complexity index is 156. The molecule has 0 amide bonds. The summed E-state index contributed by atoms with van der Waals surface area (Å²) in [5.74, 6) is 0.512. The first-order valence-electron chi connectivity index (χ1n) is 6.04. The highest BCUT2D eigenvalue weighted by Crippen LogP contribution is 2.13. The van der Waals surface area contributed by atoms with Crippen LogP contribution in [-0.2, 0) is 0 Å². The van der Waals surface area contributed by atoms with Crippen LogP contribution >= 0.6 is 0 Å². The fraction of sp³-hybridized carbons (Fsp3) is 1.00. The Morgan fingerprint density at radius 3 is 2.13 bits per heavy atom. The molecule has 1 atom stereocenters. The third kappa shape index (κ3) is 6.88. The maximum Gasteiger partial charge on any atom is 0.0766 e. The Morgan fingerprint density at radius 2 is 1.73 bits per heavy atom. The molecule has 0 saturated carbocycles. The molecule has 3 N–H and O–H groups in total. The summed E-state index contributed by atoms with van der Waals surface area (Å²) in [5, 5.41) is 22.7. The van der Waals surface area contributed by atoms with Crippen LogP contribution in [-0.4, -0.2) is 35.0 Å². The Morgan fingerprint density at radius 1 is 1.20 bits per heavy atom. The lowest BCUT2D eigenvalue weighted by atomic mass is 9.97. The second kappa shape index (κ2) is 7.20. The van der Waals surface area contributed by atoms with E-state index in [1.165, 1.54) is 0 Å². The third-order valence-electron chi connectivity index (χ3n) is 2.89. The summed E-state index contributed by atoms with van der Waals surface area (Å²) in [4.78, 5) is 0. The summed E-state index contributed by atoms with van der Waals surface area (Å²) in [6.45, 7) is 9.29. The van der Waals surface area contributed by atoms with Gasteiger partial charge in [0, 0.05) is 13.1 Å². The fourth-order valence-corrected chi connectivity index (χ4v) is 1.60. The number of hydrogen-bond acceptors (Lipinski definition) is 3. The van der Waals surface area contributed by atoms with Crippen LogP contribution < -0.4 is 5.32 Å². The number of aliphatic hydroxyl groups excluding tert-OH is 1. The summed E-state index contributed by atoms with van der Waals surface area (Å²) >= 11 is 0. The standard InChI is InChI=1S/C12H27NO2/c1-5-12(15,6-2)9-13-8-11(14)7-10(3)4/h10-11,13-15H,5-9H2,1-4H3. The number of rotatable bonds is 8. The van der Waals surface area contributed by atoms with E-state index in [1.807, 2.05) is 13.8 Å². The maximum atomic E-state index is 9.98. The van der Waals surface area contributed by atoms with Gasteiger partial charge in [0.15, 0.2) is 0 Å². The van der Waals surface area contributed by atoms with Gasteiger partial charge < -0.3 is 15.5 Å². The summed E-state index contributed by atoms with van der Waals surface area (Å²) in [5.41, 5.74) is -0.614. The molecule has 0 heterocycles. The monoisotopic (exact) mass is 217 g/mol. The molecule has 0 aliphatic rings. The molecule has 3 nitrogen and oxygen atoms in total. The van der Waals surface area contributed by atoms with Crippen LogP contribution in [0.2, 0.25) is 0 Å². The van der Waals surface area contributed by atoms with Crippen LogP contribution in [0.15, 0.2) is 0 Å². The Hall–Kier alpha value is -0.120. The molecule has 0 spiro atoms. The molecular formula is C12H27NO2. The lowest BCUT2D eigenvalue weighted by molar-refractivity contribution is 0.0287. The van der Waals surface area contributed by atoms with Gasteiger partial charge in [-0.15, -0.1) is 0 Å². The van der Waals surface area contributed by atoms with Gasteiger partial charge in [-0.25, -0.2) is 0 Å². The predicted molar refractivity (Wildman–Crippen MR) is 63.9 cm³/mol. The van der Waals surface area contributed by atoms with Crippen molar-refractivity contribution in [2.45, 2.75) is 58.7 Å². The zero-order valence-electron chi connectivity index (χ0n) is 10.6. The van der Waals surface area contributed by atoms with Crippen molar-refractivity contribution in [3.63, 3.8) is 0 Å². The third-order valence-corrected chi connectivity index (χ3v) is 2.89. The van der Waals surface area contributed by atoms with Crippen LogP contribution in [0.3, 0.4) is 0 Å². The molecule has 0 aromatic heterocycles. The molecular weight excluding hydrogens is 190 g/mol. The highest BCUT2D eigenvalue weighted by molar-refractivity contribution is 4.78. The normalized spacial score (nSPS) is 14.6. The molecule has 0 aliphatic heterocycles. The maximum absolute atomic E-state index is 9.98. The zero-order valence-corrected chi connectivity index (χ0v) is 10.6. The van der Waals surface area contributed by atoms with Crippen molar-refractivity contribution in [1.29, 1.82) is 0 Å². The van der Waals surface area contributed by atoms with E-state index in [0.29, 0.717) is 19.0 Å². The molecule has 0 bridgehead atoms. The predicted octanol–water partition coefficient (Wildman–Crippen LogP) is 1.53. The van der Waals surface area contributed by atoms with Gasteiger partial charge >= 0.3 is 0 Å². The van der Waals surface area contributed by atoms with Crippen molar-refractivity contribution in [3.05, 3.63) is 0 Å². The molecule has 15 heavy (non-hydrogen) atoms. The van der Waals surface area contributed by atoms with Gasteiger partial charge in [-0.3, -0.25) is 0 Å². The first-order chi connectivity index (χ1) is 6.93. The highest BCUT2D eigenvalue weighted by Gasteiger charge is 2.21.